The molecule has 1 aromatic carbocycles. The standard InChI is InChI=1S/C15H22N2O5S/c1-10(2)17(4)23(21,22)13-7-5-12(6-8-13)14(18)16-9-11(3)15(19)20/h5-8,10-11H,9H2,1-4H3,(H,16,18)(H,19,20). The van der Waals surface area contributed by atoms with Gasteiger partial charge < -0.3 is 10.4 Å². The Bertz CT molecular complexity index is 668. The van der Waals surface area contributed by atoms with Gasteiger partial charge in [0.1, 0.15) is 0 Å². The van der Waals surface area contributed by atoms with E-state index in [1.807, 2.05) is 0 Å². The first-order chi connectivity index (χ1) is 10.6. The van der Waals surface area contributed by atoms with Crippen molar-refractivity contribution in [1.29, 1.82) is 0 Å². The largest absolute Gasteiger partial charge is 0.481 e. The van der Waals surface area contributed by atoms with Gasteiger partial charge in [-0.2, -0.15) is 4.31 Å². The van der Waals surface area contributed by atoms with Crippen molar-refractivity contribution in [3.63, 3.8) is 0 Å². The molecule has 23 heavy (non-hydrogen) atoms. The summed E-state index contributed by atoms with van der Waals surface area (Å²) in [6.45, 7) is 5.02. The number of hydrogen-bond acceptors (Lipinski definition) is 4. The first-order valence-corrected chi connectivity index (χ1v) is 8.60. The van der Waals surface area contributed by atoms with Crippen LogP contribution < -0.4 is 5.32 Å². The maximum atomic E-state index is 12.3. The average molecular weight is 342 g/mol. The molecule has 1 atom stereocenters. The minimum Gasteiger partial charge on any atom is -0.481 e. The molecule has 1 rings (SSSR count). The number of hydrogen-bond donors (Lipinski definition) is 2. The topological polar surface area (TPSA) is 104 Å². The highest BCUT2D eigenvalue weighted by Gasteiger charge is 2.23. The van der Waals surface area contributed by atoms with Crippen molar-refractivity contribution in [3.8, 4) is 0 Å². The van der Waals surface area contributed by atoms with E-state index in [1.54, 1.807) is 13.8 Å². The van der Waals surface area contributed by atoms with Crippen molar-refractivity contribution in [2.24, 2.45) is 5.92 Å². The smallest absolute Gasteiger partial charge is 0.308 e. The molecule has 0 fully saturated rings. The Morgan fingerprint density at radius 3 is 2.13 bits per heavy atom. The maximum Gasteiger partial charge on any atom is 0.308 e. The summed E-state index contributed by atoms with van der Waals surface area (Å²) in [6.07, 6.45) is 0. The Morgan fingerprint density at radius 2 is 1.70 bits per heavy atom. The molecule has 0 saturated carbocycles. The van der Waals surface area contributed by atoms with Crippen LogP contribution in [0.2, 0.25) is 0 Å². The van der Waals surface area contributed by atoms with E-state index in [9.17, 15) is 18.0 Å². The number of aliphatic carboxylic acids is 1. The van der Waals surface area contributed by atoms with Crippen molar-refractivity contribution >= 4 is 21.9 Å². The lowest BCUT2D eigenvalue weighted by atomic mass is 10.1. The lowest BCUT2D eigenvalue weighted by Gasteiger charge is -2.21. The van der Waals surface area contributed by atoms with Gasteiger partial charge in [0, 0.05) is 25.2 Å². The van der Waals surface area contributed by atoms with E-state index in [4.69, 9.17) is 5.11 Å². The van der Waals surface area contributed by atoms with Gasteiger partial charge in [0.25, 0.3) is 5.91 Å². The average Bonchev–Trinajstić information content (AvgIpc) is 2.51. The normalized spacial score (nSPS) is 13.1. The number of amides is 1. The van der Waals surface area contributed by atoms with E-state index in [1.165, 1.54) is 42.5 Å². The van der Waals surface area contributed by atoms with E-state index in [-0.39, 0.29) is 23.0 Å². The summed E-state index contributed by atoms with van der Waals surface area (Å²) in [4.78, 5) is 22.7. The second kappa shape index (κ2) is 7.56. The van der Waals surface area contributed by atoms with Crippen molar-refractivity contribution < 1.29 is 23.1 Å². The molecule has 0 aliphatic carbocycles. The lowest BCUT2D eigenvalue weighted by molar-refractivity contribution is -0.140. The number of carbonyl (C=O) groups is 2. The van der Waals surface area contributed by atoms with Crippen LogP contribution in [0, 0.1) is 5.92 Å². The molecule has 0 aromatic heterocycles. The summed E-state index contributed by atoms with van der Waals surface area (Å²) >= 11 is 0. The minimum atomic E-state index is -3.59. The molecule has 1 aromatic rings. The van der Waals surface area contributed by atoms with E-state index >= 15 is 0 Å². The van der Waals surface area contributed by atoms with Gasteiger partial charge in [0.2, 0.25) is 10.0 Å². The van der Waals surface area contributed by atoms with Crippen LogP contribution in [-0.4, -0.2) is 49.3 Å². The second-order valence-corrected chi connectivity index (χ2v) is 7.59. The predicted octanol–water partition coefficient (Wildman–Crippen LogP) is 1.17. The molecular formula is C15H22N2O5S. The molecule has 0 aliphatic heterocycles. The quantitative estimate of drug-likeness (QED) is 0.774. The number of sulfonamides is 1. The number of carboxylic acid groups (broad SMARTS) is 1. The number of nitrogens with one attached hydrogen (secondary N) is 1. The molecule has 128 valence electrons. The Kier molecular flexibility index (Phi) is 6.28. The molecule has 0 bridgehead atoms. The third-order valence-electron chi connectivity index (χ3n) is 3.51. The van der Waals surface area contributed by atoms with Gasteiger partial charge in [0.15, 0.2) is 0 Å². The third-order valence-corrected chi connectivity index (χ3v) is 5.56. The summed E-state index contributed by atoms with van der Waals surface area (Å²) in [7, 11) is -2.10. The number of carboxylic acids is 1. The van der Waals surface area contributed by atoms with Crippen LogP contribution in [0.25, 0.3) is 0 Å². The van der Waals surface area contributed by atoms with Gasteiger partial charge in [-0.05, 0) is 38.1 Å². The van der Waals surface area contributed by atoms with Crippen molar-refractivity contribution in [3.05, 3.63) is 29.8 Å². The summed E-state index contributed by atoms with van der Waals surface area (Å²) in [6, 6.07) is 5.36. The van der Waals surface area contributed by atoms with Crippen molar-refractivity contribution in [1.82, 2.24) is 9.62 Å². The highest BCUT2D eigenvalue weighted by Crippen LogP contribution is 2.17. The van der Waals surface area contributed by atoms with Gasteiger partial charge in [-0.1, -0.05) is 6.92 Å². The minimum absolute atomic E-state index is 0.00427. The van der Waals surface area contributed by atoms with Gasteiger partial charge in [0.05, 0.1) is 10.8 Å². The number of benzene rings is 1. The summed E-state index contributed by atoms with van der Waals surface area (Å²) in [5.41, 5.74) is 0.272. The van der Waals surface area contributed by atoms with Crippen LogP contribution in [0.5, 0.6) is 0 Å². The van der Waals surface area contributed by atoms with Gasteiger partial charge in [-0.15, -0.1) is 0 Å². The van der Waals surface area contributed by atoms with Crippen molar-refractivity contribution in [2.45, 2.75) is 31.7 Å². The number of nitrogens with zero attached hydrogens (tertiary/aromatic N) is 1. The highest BCUT2D eigenvalue weighted by molar-refractivity contribution is 7.89. The molecular weight excluding hydrogens is 320 g/mol. The zero-order valence-electron chi connectivity index (χ0n) is 13.6. The molecule has 1 unspecified atom stereocenters. The van der Waals surface area contributed by atoms with Gasteiger partial charge >= 0.3 is 5.97 Å². The van der Waals surface area contributed by atoms with Gasteiger partial charge in [-0.25, -0.2) is 8.42 Å². The van der Waals surface area contributed by atoms with E-state index in [0.717, 1.165) is 0 Å². The Hall–Kier alpha value is -1.93. The molecule has 0 saturated heterocycles. The molecule has 0 radical (unpaired) electrons. The van der Waals surface area contributed by atoms with E-state index < -0.39 is 27.8 Å². The monoisotopic (exact) mass is 342 g/mol. The zero-order chi connectivity index (χ0) is 17.8. The molecule has 8 heteroatoms. The van der Waals surface area contributed by atoms with Crippen LogP contribution in [0.1, 0.15) is 31.1 Å². The Balaban J connectivity index is 2.84. The van der Waals surface area contributed by atoms with E-state index in [0.29, 0.717) is 0 Å². The van der Waals surface area contributed by atoms with E-state index in [2.05, 4.69) is 5.32 Å². The van der Waals surface area contributed by atoms with Crippen LogP contribution in [0.4, 0.5) is 0 Å². The lowest BCUT2D eigenvalue weighted by Crippen LogP contribution is -2.33. The van der Waals surface area contributed by atoms with Crippen molar-refractivity contribution in [2.75, 3.05) is 13.6 Å². The molecule has 2 N–H and O–H groups in total. The predicted molar refractivity (Wildman–Crippen MR) is 85.7 cm³/mol. The molecule has 7 nitrogen and oxygen atoms in total. The number of carbonyl (C=O) groups excluding carboxylic acids is 1. The third kappa shape index (κ3) is 4.77. The fourth-order valence-electron chi connectivity index (χ4n) is 1.66. The molecule has 0 spiro atoms. The Labute approximate surface area is 136 Å². The fourth-order valence-corrected chi connectivity index (χ4v) is 3.02. The second-order valence-electron chi connectivity index (χ2n) is 5.59. The Morgan fingerprint density at radius 1 is 1.17 bits per heavy atom. The van der Waals surface area contributed by atoms with Crippen LogP contribution in [0.3, 0.4) is 0 Å². The number of rotatable bonds is 7. The first-order valence-electron chi connectivity index (χ1n) is 7.16. The molecule has 1 amide bonds. The fraction of sp³-hybridized carbons (Fsp3) is 0.467. The molecule has 0 aliphatic rings. The van der Waals surface area contributed by atoms with Gasteiger partial charge in [-0.3, -0.25) is 9.59 Å². The highest BCUT2D eigenvalue weighted by atomic mass is 32.2. The van der Waals surface area contributed by atoms with Crippen LogP contribution in [0.15, 0.2) is 29.2 Å². The van der Waals surface area contributed by atoms with Crippen LogP contribution in [-0.2, 0) is 14.8 Å². The maximum absolute atomic E-state index is 12.3. The summed E-state index contributed by atoms with van der Waals surface area (Å²) in [5, 5.41) is 11.3. The first kappa shape index (κ1) is 19.1. The zero-order valence-corrected chi connectivity index (χ0v) is 14.4. The molecule has 0 heterocycles. The SMILES string of the molecule is CC(CNC(=O)c1ccc(S(=O)(=O)N(C)C(C)C)cc1)C(=O)O. The summed E-state index contributed by atoms with van der Waals surface area (Å²) in [5.74, 6) is -2.14. The van der Waals surface area contributed by atoms with Crippen LogP contribution >= 0.6 is 0 Å². The summed E-state index contributed by atoms with van der Waals surface area (Å²) < 4.78 is 25.9.